The van der Waals surface area contributed by atoms with E-state index in [0.29, 0.717) is 18.9 Å². The highest BCUT2D eigenvalue weighted by atomic mass is 16.5. The first-order valence-electron chi connectivity index (χ1n) is 8.51. The van der Waals surface area contributed by atoms with Gasteiger partial charge in [0.1, 0.15) is 11.6 Å². The number of carbonyl (C=O) groups is 2. The second-order valence-corrected chi connectivity index (χ2v) is 7.36. The number of hydrogen-bond donors (Lipinski definition) is 0. The highest BCUT2D eigenvalue weighted by Gasteiger charge is 2.54. The molecule has 0 saturated carbocycles. The van der Waals surface area contributed by atoms with Crippen LogP contribution in [0.4, 0.5) is 5.69 Å². The maximum Gasteiger partial charge on any atom is 0.318 e. The highest BCUT2D eigenvalue weighted by Crippen LogP contribution is 2.46. The molecule has 1 saturated heterocycles. The van der Waals surface area contributed by atoms with E-state index in [0.717, 1.165) is 17.7 Å². The molecule has 0 N–H and O–H groups in total. The molecule has 0 bridgehead atoms. The minimum Gasteiger partial charge on any atom is -0.468 e. The Balaban J connectivity index is 2.04. The van der Waals surface area contributed by atoms with Crippen molar-refractivity contribution in [1.29, 1.82) is 0 Å². The Bertz CT molecular complexity index is 657. The number of nitrogens with zero attached hydrogens (tertiary/aromatic N) is 1. The molecule has 3 atom stereocenters. The van der Waals surface area contributed by atoms with Gasteiger partial charge in [-0.25, -0.2) is 0 Å². The number of fused-ring (bicyclic) bond motifs is 3. The summed E-state index contributed by atoms with van der Waals surface area (Å²) in [6.07, 6.45) is 1.42. The highest BCUT2D eigenvalue weighted by molar-refractivity contribution is 6.08. The number of ether oxygens (including phenoxy) is 2. The predicted octanol–water partition coefficient (Wildman–Crippen LogP) is 3.12. The van der Waals surface area contributed by atoms with Crippen LogP contribution in [0, 0.1) is 17.8 Å². The average molecular weight is 331 g/mol. The molecular formula is C19H25NO4. The SMILES string of the molecule is COC(=O)[C@H]1C(=O)N2c3ccccc3CO[C@]2(C)C[C@@H]1CC(C)C. The summed E-state index contributed by atoms with van der Waals surface area (Å²) in [6.45, 7) is 6.63. The van der Waals surface area contributed by atoms with Crippen molar-refractivity contribution < 1.29 is 19.1 Å². The average Bonchev–Trinajstić information content (AvgIpc) is 2.53. The number of methoxy groups -OCH3 is 1. The quantitative estimate of drug-likeness (QED) is 0.631. The van der Waals surface area contributed by atoms with Crippen LogP contribution < -0.4 is 4.90 Å². The molecule has 5 heteroatoms. The summed E-state index contributed by atoms with van der Waals surface area (Å²) in [4.78, 5) is 27.3. The van der Waals surface area contributed by atoms with Crippen molar-refractivity contribution in [1.82, 2.24) is 0 Å². The number of benzene rings is 1. The van der Waals surface area contributed by atoms with Gasteiger partial charge in [-0.15, -0.1) is 0 Å². The van der Waals surface area contributed by atoms with Gasteiger partial charge in [0.25, 0.3) is 0 Å². The Morgan fingerprint density at radius 1 is 1.42 bits per heavy atom. The topological polar surface area (TPSA) is 55.8 Å². The lowest BCUT2D eigenvalue weighted by atomic mass is 9.75. The molecule has 1 fully saturated rings. The van der Waals surface area contributed by atoms with Crippen molar-refractivity contribution in [2.75, 3.05) is 12.0 Å². The second kappa shape index (κ2) is 6.20. The van der Waals surface area contributed by atoms with E-state index in [9.17, 15) is 9.59 Å². The number of para-hydroxylation sites is 1. The van der Waals surface area contributed by atoms with Crippen LogP contribution in [0.15, 0.2) is 24.3 Å². The molecule has 1 aromatic rings. The Hall–Kier alpha value is -1.88. The van der Waals surface area contributed by atoms with Crippen molar-refractivity contribution in [3.05, 3.63) is 29.8 Å². The van der Waals surface area contributed by atoms with Crippen LogP contribution in [-0.2, 0) is 25.7 Å². The number of rotatable bonds is 3. The molecule has 2 aliphatic heterocycles. The fourth-order valence-electron chi connectivity index (χ4n) is 4.10. The van der Waals surface area contributed by atoms with Crippen molar-refractivity contribution >= 4 is 17.6 Å². The van der Waals surface area contributed by atoms with Gasteiger partial charge in [0, 0.05) is 5.56 Å². The van der Waals surface area contributed by atoms with E-state index in [-0.39, 0.29) is 11.8 Å². The van der Waals surface area contributed by atoms with Crippen molar-refractivity contribution in [2.45, 2.75) is 45.9 Å². The number of piperidine rings is 1. The van der Waals surface area contributed by atoms with Crippen LogP contribution >= 0.6 is 0 Å². The van der Waals surface area contributed by atoms with Crippen molar-refractivity contribution in [3.63, 3.8) is 0 Å². The molecular weight excluding hydrogens is 306 g/mol. The zero-order valence-electron chi connectivity index (χ0n) is 14.7. The molecule has 130 valence electrons. The number of carbonyl (C=O) groups excluding carboxylic acids is 2. The first-order valence-corrected chi connectivity index (χ1v) is 8.51. The van der Waals surface area contributed by atoms with Gasteiger partial charge in [-0.05, 0) is 37.7 Å². The molecule has 0 radical (unpaired) electrons. The summed E-state index contributed by atoms with van der Waals surface area (Å²) < 4.78 is 11.0. The van der Waals surface area contributed by atoms with Gasteiger partial charge in [-0.1, -0.05) is 32.0 Å². The van der Waals surface area contributed by atoms with E-state index in [1.165, 1.54) is 7.11 Å². The molecule has 0 unspecified atom stereocenters. The molecule has 0 spiro atoms. The Kier molecular flexibility index (Phi) is 4.38. The molecule has 1 amide bonds. The van der Waals surface area contributed by atoms with Gasteiger partial charge in [0.15, 0.2) is 0 Å². The summed E-state index contributed by atoms with van der Waals surface area (Å²) in [7, 11) is 1.34. The third-order valence-electron chi connectivity index (χ3n) is 5.07. The number of anilines is 1. The van der Waals surface area contributed by atoms with E-state index in [1.807, 2.05) is 31.2 Å². The van der Waals surface area contributed by atoms with E-state index in [2.05, 4.69) is 13.8 Å². The van der Waals surface area contributed by atoms with Crippen LogP contribution in [0.3, 0.4) is 0 Å². The van der Waals surface area contributed by atoms with Crippen molar-refractivity contribution in [2.24, 2.45) is 17.8 Å². The zero-order chi connectivity index (χ0) is 17.5. The lowest BCUT2D eigenvalue weighted by Gasteiger charge is -2.52. The van der Waals surface area contributed by atoms with Gasteiger partial charge >= 0.3 is 5.97 Å². The van der Waals surface area contributed by atoms with E-state index in [4.69, 9.17) is 9.47 Å². The number of amides is 1. The lowest BCUT2D eigenvalue weighted by Crippen LogP contribution is -2.63. The minimum absolute atomic E-state index is 0.0727. The van der Waals surface area contributed by atoms with Crippen LogP contribution in [0.2, 0.25) is 0 Å². The molecule has 5 nitrogen and oxygen atoms in total. The van der Waals surface area contributed by atoms with Crippen molar-refractivity contribution in [3.8, 4) is 0 Å². The minimum atomic E-state index is -0.764. The normalized spacial score (nSPS) is 29.2. The maximum absolute atomic E-state index is 13.3. The third kappa shape index (κ3) is 2.71. The van der Waals surface area contributed by atoms with Gasteiger partial charge in [-0.2, -0.15) is 0 Å². The molecule has 3 rings (SSSR count). The van der Waals surface area contributed by atoms with Crippen LogP contribution in [0.1, 0.15) is 39.2 Å². The predicted molar refractivity (Wildman–Crippen MR) is 90.2 cm³/mol. The Labute approximate surface area is 142 Å². The molecule has 2 aliphatic rings. The maximum atomic E-state index is 13.3. The molecule has 2 heterocycles. The summed E-state index contributed by atoms with van der Waals surface area (Å²) >= 11 is 0. The smallest absolute Gasteiger partial charge is 0.318 e. The van der Waals surface area contributed by atoms with E-state index < -0.39 is 17.6 Å². The summed E-state index contributed by atoms with van der Waals surface area (Å²) in [5.41, 5.74) is 1.09. The third-order valence-corrected chi connectivity index (χ3v) is 5.07. The summed E-state index contributed by atoms with van der Waals surface area (Å²) in [5, 5.41) is 0. The van der Waals surface area contributed by atoms with Crippen LogP contribution in [-0.4, -0.2) is 24.7 Å². The van der Waals surface area contributed by atoms with Gasteiger partial charge in [-0.3, -0.25) is 14.5 Å². The standard InChI is InChI=1S/C19H25NO4/c1-12(2)9-14-10-19(3)20(17(21)16(14)18(22)23-4)15-8-6-5-7-13(15)11-24-19/h5-8,12,14,16H,9-11H2,1-4H3/t14-,16+,19+/m0/s1. The molecule has 0 aliphatic carbocycles. The van der Waals surface area contributed by atoms with E-state index in [1.54, 1.807) is 4.90 Å². The van der Waals surface area contributed by atoms with Crippen LogP contribution in [0.25, 0.3) is 0 Å². The number of esters is 1. The first-order chi connectivity index (χ1) is 11.4. The Morgan fingerprint density at radius 2 is 2.12 bits per heavy atom. The Morgan fingerprint density at radius 3 is 2.79 bits per heavy atom. The fraction of sp³-hybridized carbons (Fsp3) is 0.579. The zero-order valence-corrected chi connectivity index (χ0v) is 14.7. The summed E-state index contributed by atoms with van der Waals surface area (Å²) in [6, 6.07) is 7.71. The number of hydrogen-bond acceptors (Lipinski definition) is 4. The lowest BCUT2D eigenvalue weighted by molar-refractivity contribution is -0.163. The molecule has 1 aromatic carbocycles. The monoisotopic (exact) mass is 331 g/mol. The fourth-order valence-corrected chi connectivity index (χ4v) is 4.10. The largest absolute Gasteiger partial charge is 0.468 e. The molecule has 0 aromatic heterocycles. The molecule has 24 heavy (non-hydrogen) atoms. The van der Waals surface area contributed by atoms with Gasteiger partial charge in [0.2, 0.25) is 5.91 Å². The summed E-state index contributed by atoms with van der Waals surface area (Å²) in [5.74, 6) is -1.11. The van der Waals surface area contributed by atoms with Crippen LogP contribution in [0.5, 0.6) is 0 Å². The second-order valence-electron chi connectivity index (χ2n) is 7.36. The first kappa shape index (κ1) is 17.0. The van der Waals surface area contributed by atoms with Gasteiger partial charge in [0.05, 0.1) is 19.4 Å². The van der Waals surface area contributed by atoms with Gasteiger partial charge < -0.3 is 9.47 Å². The van der Waals surface area contributed by atoms with E-state index >= 15 is 0 Å².